The Bertz CT molecular complexity index is 578. The smallest absolute Gasteiger partial charge is 0.322 e. The number of aromatic nitrogens is 3. The van der Waals surface area contributed by atoms with Gasteiger partial charge in [0, 0.05) is 17.1 Å². The van der Waals surface area contributed by atoms with Crippen LogP contribution in [0.4, 0.5) is 17.6 Å². The molecule has 0 radical (unpaired) electrons. The zero-order valence-electron chi connectivity index (χ0n) is 11.7. The molecule has 0 saturated heterocycles. The first-order chi connectivity index (χ1) is 9.75. The zero-order chi connectivity index (χ0) is 14.4. The fourth-order valence-corrected chi connectivity index (χ4v) is 2.03. The highest BCUT2D eigenvalue weighted by atomic mass is 32.2. The second-order valence-electron chi connectivity index (χ2n) is 3.86. The van der Waals surface area contributed by atoms with Crippen LogP contribution in [-0.2, 0) is 0 Å². The number of ether oxygens (including phenoxy) is 1. The lowest BCUT2D eigenvalue weighted by Crippen LogP contribution is -2.07. The highest BCUT2D eigenvalue weighted by Gasteiger charge is 2.06. The van der Waals surface area contributed by atoms with Crippen molar-refractivity contribution in [3.63, 3.8) is 0 Å². The molecule has 20 heavy (non-hydrogen) atoms. The molecule has 0 amide bonds. The van der Waals surface area contributed by atoms with E-state index in [1.807, 2.05) is 37.4 Å². The first-order valence-electron chi connectivity index (χ1n) is 6.20. The summed E-state index contributed by atoms with van der Waals surface area (Å²) in [5.41, 5.74) is 0.924. The van der Waals surface area contributed by atoms with Crippen molar-refractivity contribution in [1.29, 1.82) is 0 Å². The Hall–Kier alpha value is -2.02. The molecule has 0 fully saturated rings. The van der Waals surface area contributed by atoms with Crippen molar-refractivity contribution in [2.75, 3.05) is 30.5 Å². The van der Waals surface area contributed by atoms with E-state index in [4.69, 9.17) is 4.74 Å². The van der Waals surface area contributed by atoms with Gasteiger partial charge in [0.25, 0.3) is 0 Å². The number of anilines is 3. The number of nitrogens with zero attached hydrogens (tertiary/aromatic N) is 3. The van der Waals surface area contributed by atoms with E-state index in [0.717, 1.165) is 12.2 Å². The van der Waals surface area contributed by atoms with Gasteiger partial charge >= 0.3 is 6.01 Å². The van der Waals surface area contributed by atoms with E-state index in [1.165, 1.54) is 12.0 Å². The van der Waals surface area contributed by atoms with Crippen LogP contribution in [0.2, 0.25) is 0 Å². The summed E-state index contributed by atoms with van der Waals surface area (Å²) in [6.07, 6.45) is 2.04. The van der Waals surface area contributed by atoms with Crippen molar-refractivity contribution in [1.82, 2.24) is 15.0 Å². The third-order valence-electron chi connectivity index (χ3n) is 2.46. The SMILES string of the molecule is CCNc1nc(Nc2cccc(SC)c2)nc(OC)n1. The lowest BCUT2D eigenvalue weighted by molar-refractivity contribution is 0.379. The minimum atomic E-state index is 0.277. The maximum Gasteiger partial charge on any atom is 0.322 e. The fraction of sp³-hybridized carbons (Fsp3) is 0.308. The Morgan fingerprint density at radius 3 is 2.70 bits per heavy atom. The Morgan fingerprint density at radius 1 is 1.20 bits per heavy atom. The van der Waals surface area contributed by atoms with Crippen molar-refractivity contribution in [3.05, 3.63) is 24.3 Å². The number of hydrogen-bond donors (Lipinski definition) is 2. The molecule has 1 aromatic carbocycles. The third kappa shape index (κ3) is 3.74. The molecule has 7 heteroatoms. The fourth-order valence-electron chi connectivity index (χ4n) is 1.57. The van der Waals surface area contributed by atoms with E-state index in [1.54, 1.807) is 11.8 Å². The Kier molecular flexibility index (Phi) is 5.00. The summed E-state index contributed by atoms with van der Waals surface area (Å²) < 4.78 is 5.08. The number of nitrogens with one attached hydrogen (secondary N) is 2. The van der Waals surface area contributed by atoms with Crippen LogP contribution in [0.25, 0.3) is 0 Å². The van der Waals surface area contributed by atoms with Gasteiger partial charge in [-0.3, -0.25) is 0 Å². The molecule has 0 bridgehead atoms. The van der Waals surface area contributed by atoms with Gasteiger partial charge in [-0.15, -0.1) is 11.8 Å². The van der Waals surface area contributed by atoms with Crippen LogP contribution < -0.4 is 15.4 Å². The van der Waals surface area contributed by atoms with E-state index in [-0.39, 0.29) is 6.01 Å². The number of hydrogen-bond acceptors (Lipinski definition) is 7. The maximum absolute atomic E-state index is 5.08. The summed E-state index contributed by atoms with van der Waals surface area (Å²) >= 11 is 1.68. The summed E-state index contributed by atoms with van der Waals surface area (Å²) in [5.74, 6) is 0.939. The largest absolute Gasteiger partial charge is 0.467 e. The third-order valence-corrected chi connectivity index (χ3v) is 3.18. The van der Waals surface area contributed by atoms with Gasteiger partial charge in [-0.1, -0.05) is 6.07 Å². The molecule has 0 unspecified atom stereocenters. The molecule has 1 heterocycles. The van der Waals surface area contributed by atoms with E-state index in [0.29, 0.717) is 11.9 Å². The first kappa shape index (κ1) is 14.4. The summed E-state index contributed by atoms with van der Waals surface area (Å²) in [5, 5.41) is 6.20. The van der Waals surface area contributed by atoms with Crippen molar-refractivity contribution in [3.8, 4) is 6.01 Å². The van der Waals surface area contributed by atoms with Crippen LogP contribution in [0.1, 0.15) is 6.92 Å². The summed E-state index contributed by atoms with van der Waals surface area (Å²) in [6, 6.07) is 8.31. The van der Waals surface area contributed by atoms with Crippen molar-refractivity contribution >= 4 is 29.3 Å². The normalized spacial score (nSPS) is 10.2. The van der Waals surface area contributed by atoms with E-state index >= 15 is 0 Å². The first-order valence-corrected chi connectivity index (χ1v) is 7.42. The highest BCUT2D eigenvalue weighted by molar-refractivity contribution is 7.98. The number of rotatable bonds is 6. The molecule has 1 aromatic heterocycles. The lowest BCUT2D eigenvalue weighted by Gasteiger charge is -2.09. The van der Waals surface area contributed by atoms with E-state index in [9.17, 15) is 0 Å². The number of methoxy groups -OCH3 is 1. The molecular weight excluding hydrogens is 274 g/mol. The van der Waals surface area contributed by atoms with Crippen molar-refractivity contribution in [2.24, 2.45) is 0 Å². The van der Waals surface area contributed by atoms with Gasteiger partial charge in [-0.2, -0.15) is 15.0 Å². The predicted molar refractivity (Wildman–Crippen MR) is 82.0 cm³/mol. The standard InChI is InChI=1S/C13H17N5OS/c1-4-14-11-16-12(18-13(17-11)19-2)15-9-6-5-7-10(8-9)20-3/h5-8H,4H2,1-3H3,(H2,14,15,16,17,18). The van der Waals surface area contributed by atoms with Crippen molar-refractivity contribution in [2.45, 2.75) is 11.8 Å². The topological polar surface area (TPSA) is 72.0 Å². The van der Waals surface area contributed by atoms with E-state index in [2.05, 4.69) is 25.6 Å². The van der Waals surface area contributed by atoms with E-state index < -0.39 is 0 Å². The van der Waals surface area contributed by atoms with Crippen molar-refractivity contribution < 1.29 is 4.74 Å². The van der Waals surface area contributed by atoms with Crippen LogP contribution in [0.15, 0.2) is 29.2 Å². The summed E-state index contributed by atoms with van der Waals surface area (Å²) in [7, 11) is 1.53. The Balaban J connectivity index is 2.24. The average molecular weight is 291 g/mol. The highest BCUT2D eigenvalue weighted by Crippen LogP contribution is 2.21. The lowest BCUT2D eigenvalue weighted by atomic mass is 10.3. The molecule has 0 atom stereocenters. The van der Waals surface area contributed by atoms with Crippen LogP contribution in [0.3, 0.4) is 0 Å². The molecule has 0 aliphatic carbocycles. The molecule has 0 spiro atoms. The number of benzene rings is 1. The molecule has 6 nitrogen and oxygen atoms in total. The second kappa shape index (κ2) is 6.95. The van der Waals surface area contributed by atoms with Gasteiger partial charge < -0.3 is 15.4 Å². The Labute approximate surface area is 122 Å². The predicted octanol–water partition coefficient (Wildman–Crippen LogP) is 2.78. The monoisotopic (exact) mass is 291 g/mol. The molecule has 2 rings (SSSR count). The van der Waals surface area contributed by atoms with Crippen LogP contribution in [0, 0.1) is 0 Å². The quantitative estimate of drug-likeness (QED) is 0.793. The van der Waals surface area contributed by atoms with Gasteiger partial charge in [0.15, 0.2) is 0 Å². The summed E-state index contributed by atoms with van der Waals surface area (Å²) in [6.45, 7) is 2.71. The zero-order valence-corrected chi connectivity index (χ0v) is 12.5. The minimum absolute atomic E-state index is 0.277. The molecular formula is C13H17N5OS. The van der Waals surface area contributed by atoms with Gasteiger partial charge in [0.1, 0.15) is 0 Å². The minimum Gasteiger partial charge on any atom is -0.467 e. The van der Waals surface area contributed by atoms with Crippen LogP contribution in [0.5, 0.6) is 6.01 Å². The summed E-state index contributed by atoms with van der Waals surface area (Å²) in [4.78, 5) is 13.8. The molecule has 106 valence electrons. The Morgan fingerprint density at radius 2 is 2.00 bits per heavy atom. The number of thioether (sulfide) groups is 1. The molecule has 2 aromatic rings. The van der Waals surface area contributed by atoms with Gasteiger partial charge in [0.2, 0.25) is 11.9 Å². The van der Waals surface area contributed by atoms with Crippen LogP contribution >= 0.6 is 11.8 Å². The maximum atomic E-state index is 5.08. The van der Waals surface area contributed by atoms with Gasteiger partial charge in [-0.25, -0.2) is 0 Å². The van der Waals surface area contributed by atoms with Gasteiger partial charge in [-0.05, 0) is 31.4 Å². The molecule has 0 saturated carbocycles. The molecule has 0 aliphatic rings. The average Bonchev–Trinajstić information content (AvgIpc) is 2.47. The van der Waals surface area contributed by atoms with Gasteiger partial charge in [0.05, 0.1) is 7.11 Å². The second-order valence-corrected chi connectivity index (χ2v) is 4.74. The molecule has 0 aliphatic heterocycles. The molecule has 2 N–H and O–H groups in total. The van der Waals surface area contributed by atoms with Crippen LogP contribution in [-0.4, -0.2) is 34.9 Å².